The molecule has 0 fully saturated rings. The molecule has 1 atom stereocenters. The van der Waals surface area contributed by atoms with Crippen molar-refractivity contribution >= 4 is 45.6 Å². The van der Waals surface area contributed by atoms with Crippen molar-refractivity contribution in [2.24, 2.45) is 0 Å². The van der Waals surface area contributed by atoms with Gasteiger partial charge in [0.25, 0.3) is 5.56 Å². The second-order valence-electron chi connectivity index (χ2n) is 5.63. The summed E-state index contributed by atoms with van der Waals surface area (Å²) < 4.78 is 5.81. The molecule has 1 aromatic carbocycles. The maximum atomic E-state index is 12.1. The molecule has 0 saturated heterocycles. The van der Waals surface area contributed by atoms with Gasteiger partial charge in [0.1, 0.15) is 0 Å². The molecule has 3 aromatic rings. The van der Waals surface area contributed by atoms with Crippen LogP contribution in [0, 0.1) is 0 Å². The molecule has 0 spiro atoms. The predicted octanol–water partition coefficient (Wildman–Crippen LogP) is 3.91. The van der Waals surface area contributed by atoms with Crippen LogP contribution in [0.2, 0.25) is 4.34 Å². The molecule has 134 valence electrons. The lowest BCUT2D eigenvalue weighted by Crippen LogP contribution is -2.17. The van der Waals surface area contributed by atoms with E-state index in [9.17, 15) is 14.4 Å². The van der Waals surface area contributed by atoms with Crippen LogP contribution >= 0.6 is 22.9 Å². The Kier molecular flexibility index (Phi) is 5.49. The number of Topliss-reactive ketones (excluding diaryl/α,β-unsaturated/α-hetero) is 1. The minimum absolute atomic E-state index is 0.0318. The van der Waals surface area contributed by atoms with Crippen LogP contribution in [0.4, 0.5) is 0 Å². The van der Waals surface area contributed by atoms with E-state index < -0.39 is 12.1 Å². The van der Waals surface area contributed by atoms with E-state index in [0.29, 0.717) is 20.1 Å². The van der Waals surface area contributed by atoms with Crippen molar-refractivity contribution in [1.82, 2.24) is 9.97 Å². The van der Waals surface area contributed by atoms with Crippen LogP contribution in [-0.4, -0.2) is 21.7 Å². The van der Waals surface area contributed by atoms with Gasteiger partial charge in [-0.25, -0.2) is 4.98 Å². The van der Waals surface area contributed by atoms with Gasteiger partial charge in [-0.2, -0.15) is 0 Å². The average molecular weight is 391 g/mol. The number of hydrogen-bond acceptors (Lipinski definition) is 6. The van der Waals surface area contributed by atoms with Gasteiger partial charge in [-0.15, -0.1) is 11.3 Å². The third-order valence-corrected chi connectivity index (χ3v) is 5.00. The quantitative estimate of drug-likeness (QED) is 0.509. The van der Waals surface area contributed by atoms with Crippen LogP contribution in [0.5, 0.6) is 0 Å². The molecule has 6 nitrogen and oxygen atoms in total. The van der Waals surface area contributed by atoms with Crippen molar-refractivity contribution in [2.75, 3.05) is 0 Å². The first-order valence-corrected chi connectivity index (χ1v) is 9.10. The lowest BCUT2D eigenvalue weighted by atomic mass is 10.2. The van der Waals surface area contributed by atoms with E-state index in [1.165, 1.54) is 11.3 Å². The van der Waals surface area contributed by atoms with Gasteiger partial charge in [0.2, 0.25) is 0 Å². The van der Waals surface area contributed by atoms with Crippen molar-refractivity contribution in [2.45, 2.75) is 25.9 Å². The maximum Gasteiger partial charge on any atom is 0.306 e. The van der Waals surface area contributed by atoms with Crippen molar-refractivity contribution in [3.05, 3.63) is 61.8 Å². The Morgan fingerprint density at radius 3 is 2.73 bits per heavy atom. The first-order chi connectivity index (χ1) is 12.4. The monoisotopic (exact) mass is 390 g/mol. The first kappa shape index (κ1) is 18.3. The van der Waals surface area contributed by atoms with Gasteiger partial charge in [-0.1, -0.05) is 23.7 Å². The summed E-state index contributed by atoms with van der Waals surface area (Å²) in [6.45, 7) is 1.62. The number of nitrogens with zero attached hydrogens (tertiary/aromatic N) is 1. The third-order valence-electron chi connectivity index (χ3n) is 3.73. The number of fused-ring (bicyclic) bond motifs is 1. The van der Waals surface area contributed by atoms with Crippen LogP contribution < -0.4 is 5.56 Å². The zero-order chi connectivity index (χ0) is 18.7. The molecule has 0 radical (unpaired) electrons. The van der Waals surface area contributed by atoms with Crippen LogP contribution in [-0.2, 0) is 9.53 Å². The van der Waals surface area contributed by atoms with Crippen molar-refractivity contribution < 1.29 is 14.3 Å². The second-order valence-corrected chi connectivity index (χ2v) is 7.34. The van der Waals surface area contributed by atoms with E-state index in [4.69, 9.17) is 16.3 Å². The van der Waals surface area contributed by atoms with Gasteiger partial charge >= 0.3 is 5.97 Å². The molecule has 2 aromatic heterocycles. The number of ketones is 1. The van der Waals surface area contributed by atoms with E-state index >= 15 is 0 Å². The van der Waals surface area contributed by atoms with E-state index in [0.717, 1.165) is 0 Å². The minimum Gasteiger partial charge on any atom is -0.454 e. The summed E-state index contributed by atoms with van der Waals surface area (Å²) in [5.74, 6) is -0.438. The number of esters is 1. The summed E-state index contributed by atoms with van der Waals surface area (Å²) in [5.41, 5.74) is 0.233. The highest BCUT2D eigenvalue weighted by molar-refractivity contribution is 7.18. The molecule has 26 heavy (non-hydrogen) atoms. The number of carbonyl (C=O) groups is 2. The molecule has 0 bridgehead atoms. The summed E-state index contributed by atoms with van der Waals surface area (Å²) in [6.07, 6.45) is -0.758. The average Bonchev–Trinajstić information content (AvgIpc) is 3.06. The Balaban J connectivity index is 1.62. The lowest BCUT2D eigenvalue weighted by Gasteiger charge is -2.12. The summed E-state index contributed by atoms with van der Waals surface area (Å²) in [6, 6.07) is 10.2. The minimum atomic E-state index is -0.730. The fraction of sp³-hybridized carbons (Fsp3) is 0.222. The van der Waals surface area contributed by atoms with E-state index in [1.807, 2.05) is 0 Å². The molecule has 0 aliphatic rings. The fourth-order valence-electron chi connectivity index (χ4n) is 2.41. The number of hydrogen-bond donors (Lipinski definition) is 1. The highest BCUT2D eigenvalue weighted by Gasteiger charge is 2.17. The number of ether oxygens (including phenoxy) is 1. The second kappa shape index (κ2) is 7.80. The topological polar surface area (TPSA) is 89.1 Å². The molecule has 3 rings (SSSR count). The number of benzene rings is 1. The van der Waals surface area contributed by atoms with E-state index in [1.54, 1.807) is 43.3 Å². The summed E-state index contributed by atoms with van der Waals surface area (Å²) >= 11 is 6.97. The first-order valence-electron chi connectivity index (χ1n) is 7.91. The fourth-order valence-corrected chi connectivity index (χ4v) is 3.42. The van der Waals surface area contributed by atoms with Crippen LogP contribution in [0.1, 0.15) is 41.4 Å². The SMILES string of the molecule is C[C@H](OC(=O)CCC(=O)c1ccc(Cl)s1)c1nc2ccccc2c(=O)[nH]1. The summed E-state index contributed by atoms with van der Waals surface area (Å²) in [5, 5.41) is 0.468. The number of rotatable bonds is 6. The maximum absolute atomic E-state index is 12.1. The zero-order valence-corrected chi connectivity index (χ0v) is 15.4. The zero-order valence-electron chi connectivity index (χ0n) is 13.8. The van der Waals surface area contributed by atoms with Gasteiger partial charge in [0, 0.05) is 6.42 Å². The van der Waals surface area contributed by atoms with Gasteiger partial charge in [0.05, 0.1) is 26.5 Å². The molecule has 1 N–H and O–H groups in total. The van der Waals surface area contributed by atoms with E-state index in [2.05, 4.69) is 9.97 Å². The number of aromatic nitrogens is 2. The molecule has 2 heterocycles. The molecular weight excluding hydrogens is 376 g/mol. The van der Waals surface area contributed by atoms with Crippen LogP contribution in [0.3, 0.4) is 0 Å². The molecule has 0 unspecified atom stereocenters. The summed E-state index contributed by atoms with van der Waals surface area (Å²) in [4.78, 5) is 43.5. The van der Waals surface area contributed by atoms with Crippen molar-refractivity contribution in [3.63, 3.8) is 0 Å². The number of nitrogens with one attached hydrogen (secondary N) is 1. The number of carbonyl (C=O) groups excluding carboxylic acids is 2. The van der Waals surface area contributed by atoms with Crippen molar-refractivity contribution in [3.8, 4) is 0 Å². The number of thiophene rings is 1. The molecule has 0 aliphatic heterocycles. The molecule has 8 heteroatoms. The number of H-pyrrole nitrogens is 1. The summed E-state index contributed by atoms with van der Waals surface area (Å²) in [7, 11) is 0. The smallest absolute Gasteiger partial charge is 0.306 e. The predicted molar refractivity (Wildman–Crippen MR) is 99.8 cm³/mol. The van der Waals surface area contributed by atoms with Gasteiger partial charge in [-0.05, 0) is 31.2 Å². The number of aromatic amines is 1. The van der Waals surface area contributed by atoms with Gasteiger partial charge < -0.3 is 9.72 Å². The van der Waals surface area contributed by atoms with E-state index in [-0.39, 0.29) is 30.0 Å². The van der Waals surface area contributed by atoms with Gasteiger partial charge in [0.15, 0.2) is 17.7 Å². The van der Waals surface area contributed by atoms with Crippen LogP contribution in [0.15, 0.2) is 41.2 Å². The normalized spacial score (nSPS) is 12.1. The lowest BCUT2D eigenvalue weighted by molar-refractivity contribution is -0.148. The van der Waals surface area contributed by atoms with Crippen molar-refractivity contribution in [1.29, 1.82) is 0 Å². The Morgan fingerprint density at radius 2 is 2.00 bits per heavy atom. The van der Waals surface area contributed by atoms with Crippen LogP contribution in [0.25, 0.3) is 10.9 Å². The highest BCUT2D eigenvalue weighted by Crippen LogP contribution is 2.23. The molecule has 0 aliphatic carbocycles. The standard InChI is InChI=1S/C18H15ClN2O4S/c1-10(17-20-12-5-3-2-4-11(12)18(24)21-17)25-16(23)9-6-13(22)14-7-8-15(19)26-14/h2-5,7-8,10H,6,9H2,1H3,(H,20,21,24)/t10-/m0/s1. The molecule has 0 saturated carbocycles. The largest absolute Gasteiger partial charge is 0.454 e. The Bertz CT molecular complexity index is 1030. The number of para-hydroxylation sites is 1. The number of halogens is 1. The Morgan fingerprint density at radius 1 is 1.23 bits per heavy atom. The highest BCUT2D eigenvalue weighted by atomic mass is 35.5. The Labute approximate surface area is 157 Å². The Hall–Kier alpha value is -2.51. The molecule has 0 amide bonds. The molecular formula is C18H15ClN2O4S. The third kappa shape index (κ3) is 4.17. The van der Waals surface area contributed by atoms with Gasteiger partial charge in [-0.3, -0.25) is 14.4 Å².